The summed E-state index contributed by atoms with van der Waals surface area (Å²) in [6.45, 7) is 2.16. The topological polar surface area (TPSA) is 0 Å². The molecule has 92 valence electrons. The van der Waals surface area contributed by atoms with Crippen LogP contribution in [0.25, 0.3) is 0 Å². The van der Waals surface area contributed by atoms with Crippen molar-refractivity contribution in [2.45, 2.75) is 32.1 Å². The Labute approximate surface area is 115 Å². The molecule has 0 nitrogen and oxygen atoms in total. The molecule has 0 radical (unpaired) electrons. The number of unbranched alkanes of at least 4 members (excludes halogenated alkanes) is 2. The van der Waals surface area contributed by atoms with E-state index >= 15 is 0 Å². The summed E-state index contributed by atoms with van der Waals surface area (Å²) in [5.41, 5.74) is 2.05. The molecule has 0 saturated heterocycles. The van der Waals surface area contributed by atoms with E-state index in [1.807, 2.05) is 24.3 Å². The highest BCUT2D eigenvalue weighted by Gasteiger charge is 1.94. The number of hydrogen-bond acceptors (Lipinski definition) is 0. The molecular weight excluding hydrogens is 240 g/mol. The highest BCUT2D eigenvalue weighted by atomic mass is 35.5. The standard InChI is InChI=1S/C17H17Cl/c1-2-3-4-5-6-7-8-9-12-16-13-10-11-14-17(16)15-18/h7-8,10-11,13-14H,2-4,15H2,1H3. The lowest BCUT2D eigenvalue weighted by molar-refractivity contribution is 0.828. The van der Waals surface area contributed by atoms with E-state index in [2.05, 4.69) is 30.6 Å². The number of rotatable bonds is 3. The van der Waals surface area contributed by atoms with Crippen molar-refractivity contribution in [1.29, 1.82) is 0 Å². The molecule has 1 aromatic rings. The van der Waals surface area contributed by atoms with Gasteiger partial charge in [0.05, 0.1) is 0 Å². The Morgan fingerprint density at radius 3 is 2.72 bits per heavy atom. The second kappa shape index (κ2) is 9.41. The Balaban J connectivity index is 2.54. The highest BCUT2D eigenvalue weighted by Crippen LogP contribution is 2.09. The largest absolute Gasteiger partial charge is 0.122 e. The van der Waals surface area contributed by atoms with Crippen LogP contribution in [-0.2, 0) is 5.88 Å². The van der Waals surface area contributed by atoms with Gasteiger partial charge in [-0.15, -0.1) is 11.6 Å². The van der Waals surface area contributed by atoms with Crippen LogP contribution in [0.5, 0.6) is 0 Å². The fraction of sp³-hybridized carbons (Fsp3) is 0.294. The molecule has 1 heteroatoms. The van der Waals surface area contributed by atoms with Crippen molar-refractivity contribution in [3.63, 3.8) is 0 Å². The predicted octanol–water partition coefficient (Wildman–Crippen LogP) is 4.53. The summed E-state index contributed by atoms with van der Waals surface area (Å²) >= 11 is 5.83. The van der Waals surface area contributed by atoms with Crippen LogP contribution < -0.4 is 0 Å². The average Bonchev–Trinajstić information content (AvgIpc) is 2.42. The van der Waals surface area contributed by atoms with Crippen molar-refractivity contribution in [2.24, 2.45) is 0 Å². The third-order valence-electron chi connectivity index (χ3n) is 2.38. The number of alkyl halides is 1. The Bertz CT molecular complexity index is 504. The van der Waals surface area contributed by atoms with Gasteiger partial charge in [0.15, 0.2) is 0 Å². The van der Waals surface area contributed by atoms with Gasteiger partial charge in [-0.25, -0.2) is 0 Å². The van der Waals surface area contributed by atoms with E-state index in [9.17, 15) is 0 Å². The van der Waals surface area contributed by atoms with E-state index in [-0.39, 0.29) is 0 Å². The van der Waals surface area contributed by atoms with Crippen molar-refractivity contribution in [2.75, 3.05) is 0 Å². The van der Waals surface area contributed by atoms with Crippen molar-refractivity contribution >= 4 is 11.6 Å². The Kier molecular flexibility index (Phi) is 7.54. The summed E-state index contributed by atoms with van der Waals surface area (Å²) in [5.74, 6) is 12.6. The van der Waals surface area contributed by atoms with Crippen LogP contribution in [0.4, 0.5) is 0 Å². The first-order valence-electron chi connectivity index (χ1n) is 6.17. The number of hydrogen-bond donors (Lipinski definition) is 0. The lowest BCUT2D eigenvalue weighted by atomic mass is 10.1. The van der Waals surface area contributed by atoms with Crippen LogP contribution in [0, 0.1) is 23.7 Å². The maximum Gasteiger partial charge on any atom is 0.0486 e. The second-order valence-electron chi connectivity index (χ2n) is 3.82. The van der Waals surface area contributed by atoms with Crippen molar-refractivity contribution < 1.29 is 0 Å². The highest BCUT2D eigenvalue weighted by molar-refractivity contribution is 6.17. The summed E-state index contributed by atoms with van der Waals surface area (Å²) in [6, 6.07) is 7.91. The average molecular weight is 257 g/mol. The molecule has 1 aromatic carbocycles. The van der Waals surface area contributed by atoms with Gasteiger partial charge in [0.1, 0.15) is 0 Å². The van der Waals surface area contributed by atoms with Crippen LogP contribution in [0.1, 0.15) is 37.3 Å². The quantitative estimate of drug-likeness (QED) is 0.424. The van der Waals surface area contributed by atoms with Gasteiger partial charge in [-0.05, 0) is 30.2 Å². The van der Waals surface area contributed by atoms with Crippen LogP contribution in [-0.4, -0.2) is 0 Å². The minimum atomic E-state index is 0.491. The van der Waals surface area contributed by atoms with E-state index < -0.39 is 0 Å². The van der Waals surface area contributed by atoms with E-state index in [0.717, 1.165) is 24.0 Å². The summed E-state index contributed by atoms with van der Waals surface area (Å²) in [4.78, 5) is 0. The van der Waals surface area contributed by atoms with E-state index in [0.29, 0.717) is 5.88 Å². The summed E-state index contributed by atoms with van der Waals surface area (Å²) in [5, 5.41) is 0. The SMILES string of the molecule is CCCCC#CC=CC#Cc1ccccc1CCl. The van der Waals surface area contributed by atoms with Gasteiger partial charge in [-0.2, -0.15) is 0 Å². The molecule has 18 heavy (non-hydrogen) atoms. The predicted molar refractivity (Wildman–Crippen MR) is 79.3 cm³/mol. The van der Waals surface area contributed by atoms with Gasteiger partial charge in [-0.1, -0.05) is 55.2 Å². The van der Waals surface area contributed by atoms with Crippen molar-refractivity contribution in [1.82, 2.24) is 0 Å². The van der Waals surface area contributed by atoms with E-state index in [4.69, 9.17) is 11.6 Å². The van der Waals surface area contributed by atoms with Crippen molar-refractivity contribution in [3.8, 4) is 23.7 Å². The van der Waals surface area contributed by atoms with Gasteiger partial charge >= 0.3 is 0 Å². The normalized spacial score (nSPS) is 9.44. The molecule has 0 aliphatic carbocycles. The van der Waals surface area contributed by atoms with Crippen molar-refractivity contribution in [3.05, 3.63) is 47.5 Å². The minimum absolute atomic E-state index is 0.491. The molecule has 0 aliphatic heterocycles. The maximum absolute atomic E-state index is 5.83. The van der Waals surface area contributed by atoms with Crippen LogP contribution in [0.2, 0.25) is 0 Å². The molecule has 1 rings (SSSR count). The fourth-order valence-electron chi connectivity index (χ4n) is 1.36. The molecule has 0 heterocycles. The zero-order valence-electron chi connectivity index (χ0n) is 10.7. The molecule has 0 bridgehead atoms. The monoisotopic (exact) mass is 256 g/mol. The Morgan fingerprint density at radius 1 is 1.17 bits per heavy atom. The third kappa shape index (κ3) is 5.62. The number of benzene rings is 1. The number of halogens is 1. The van der Waals surface area contributed by atoms with Crippen LogP contribution >= 0.6 is 11.6 Å². The molecule has 0 N–H and O–H groups in total. The molecule has 0 unspecified atom stereocenters. The van der Waals surface area contributed by atoms with Crippen LogP contribution in [0.15, 0.2) is 36.4 Å². The maximum atomic E-state index is 5.83. The van der Waals surface area contributed by atoms with E-state index in [1.54, 1.807) is 12.2 Å². The smallest absolute Gasteiger partial charge is 0.0486 e. The zero-order chi connectivity index (χ0) is 13.1. The summed E-state index contributed by atoms with van der Waals surface area (Å²) in [6.07, 6.45) is 6.89. The fourth-order valence-corrected chi connectivity index (χ4v) is 1.59. The molecule has 0 amide bonds. The first-order chi connectivity index (χ1) is 8.88. The lowest BCUT2D eigenvalue weighted by Gasteiger charge is -1.97. The third-order valence-corrected chi connectivity index (χ3v) is 2.66. The molecule has 0 fully saturated rings. The van der Waals surface area contributed by atoms with Gasteiger partial charge in [0, 0.05) is 17.9 Å². The Hall–Kier alpha value is -1.63. The summed E-state index contributed by atoms with van der Waals surface area (Å²) < 4.78 is 0. The molecular formula is C17H17Cl. The van der Waals surface area contributed by atoms with E-state index in [1.165, 1.54) is 6.42 Å². The van der Waals surface area contributed by atoms with Gasteiger partial charge < -0.3 is 0 Å². The Morgan fingerprint density at radius 2 is 1.94 bits per heavy atom. The first kappa shape index (κ1) is 14.4. The van der Waals surface area contributed by atoms with Gasteiger partial charge in [-0.3, -0.25) is 0 Å². The molecule has 0 aliphatic rings. The molecule has 0 atom stereocenters. The zero-order valence-corrected chi connectivity index (χ0v) is 11.4. The molecule has 0 saturated carbocycles. The van der Waals surface area contributed by atoms with Gasteiger partial charge in [0.2, 0.25) is 0 Å². The minimum Gasteiger partial charge on any atom is -0.122 e. The van der Waals surface area contributed by atoms with Gasteiger partial charge in [0.25, 0.3) is 0 Å². The number of allylic oxidation sites excluding steroid dienone is 2. The lowest BCUT2D eigenvalue weighted by Crippen LogP contribution is -1.83. The molecule has 0 spiro atoms. The summed E-state index contributed by atoms with van der Waals surface area (Å²) in [7, 11) is 0. The molecule has 0 aromatic heterocycles. The second-order valence-corrected chi connectivity index (χ2v) is 4.09. The first-order valence-corrected chi connectivity index (χ1v) is 6.70. The van der Waals surface area contributed by atoms with Crippen LogP contribution in [0.3, 0.4) is 0 Å².